The Morgan fingerprint density at radius 2 is 2.05 bits per heavy atom. The van der Waals surface area contributed by atoms with Crippen LogP contribution in [0.25, 0.3) is 22.6 Å². The normalized spacial score (nSPS) is 11.1. The molecule has 0 atom stereocenters. The van der Waals surface area contributed by atoms with Gasteiger partial charge in [-0.2, -0.15) is 0 Å². The molecule has 19 heavy (non-hydrogen) atoms. The molecule has 3 rings (SSSR count). The molecule has 0 spiro atoms. The van der Waals surface area contributed by atoms with E-state index in [9.17, 15) is 4.39 Å². The summed E-state index contributed by atoms with van der Waals surface area (Å²) in [6, 6.07) is 7.79. The summed E-state index contributed by atoms with van der Waals surface area (Å²) in [6.45, 7) is 0. The van der Waals surface area contributed by atoms with E-state index in [0.717, 1.165) is 4.47 Å². The monoisotopic (exact) mass is 340 g/mol. The first-order chi connectivity index (χ1) is 9.04. The zero-order chi connectivity index (χ0) is 13.6. The second-order valence-corrected chi connectivity index (χ2v) is 5.31. The standard InChI is InChI=1S/C13H7BrClFN2O/c14-6-1-2-8(10(17)3-6)13-18-11-5-7(16)4-9(15)12(11)19-13/h1-5H,17H2. The Morgan fingerprint density at radius 3 is 2.79 bits per heavy atom. The molecule has 2 N–H and O–H groups in total. The van der Waals surface area contributed by atoms with Crippen LogP contribution in [0.3, 0.4) is 0 Å². The highest BCUT2D eigenvalue weighted by atomic mass is 79.9. The maximum Gasteiger partial charge on any atom is 0.229 e. The molecule has 1 aromatic heterocycles. The second kappa shape index (κ2) is 4.51. The summed E-state index contributed by atoms with van der Waals surface area (Å²) < 4.78 is 19.7. The number of rotatable bonds is 1. The summed E-state index contributed by atoms with van der Waals surface area (Å²) in [7, 11) is 0. The minimum Gasteiger partial charge on any atom is -0.434 e. The lowest BCUT2D eigenvalue weighted by Crippen LogP contribution is -1.89. The number of nitrogens with zero attached hydrogens (tertiary/aromatic N) is 1. The minimum atomic E-state index is -0.457. The van der Waals surface area contributed by atoms with E-state index in [4.69, 9.17) is 21.8 Å². The van der Waals surface area contributed by atoms with Crippen LogP contribution >= 0.6 is 27.5 Å². The lowest BCUT2D eigenvalue weighted by atomic mass is 10.2. The minimum absolute atomic E-state index is 0.185. The average Bonchev–Trinajstić information content (AvgIpc) is 2.72. The molecule has 0 saturated carbocycles. The quantitative estimate of drug-likeness (QED) is 0.656. The molecular formula is C13H7BrClFN2O. The van der Waals surface area contributed by atoms with Crippen molar-refractivity contribution in [3.63, 3.8) is 0 Å². The number of nitrogens with two attached hydrogens (primary N) is 1. The van der Waals surface area contributed by atoms with Crippen molar-refractivity contribution in [3.8, 4) is 11.5 Å². The summed E-state index contributed by atoms with van der Waals surface area (Å²) >= 11 is 9.24. The Bertz CT molecular complexity index is 788. The number of nitrogen functional groups attached to an aromatic ring is 1. The zero-order valence-corrected chi connectivity index (χ0v) is 11.8. The van der Waals surface area contributed by atoms with E-state index >= 15 is 0 Å². The number of hydrogen-bond donors (Lipinski definition) is 1. The van der Waals surface area contributed by atoms with E-state index in [2.05, 4.69) is 20.9 Å². The van der Waals surface area contributed by atoms with Gasteiger partial charge >= 0.3 is 0 Å². The Balaban J connectivity index is 2.23. The fourth-order valence-electron chi connectivity index (χ4n) is 1.80. The highest BCUT2D eigenvalue weighted by Gasteiger charge is 2.14. The van der Waals surface area contributed by atoms with Crippen molar-refractivity contribution in [1.82, 2.24) is 4.98 Å². The largest absolute Gasteiger partial charge is 0.434 e. The molecular weight excluding hydrogens is 335 g/mol. The van der Waals surface area contributed by atoms with Crippen LogP contribution in [-0.2, 0) is 0 Å². The van der Waals surface area contributed by atoms with Crippen LogP contribution < -0.4 is 5.73 Å². The molecule has 1 heterocycles. The van der Waals surface area contributed by atoms with Crippen LogP contribution in [0.2, 0.25) is 5.02 Å². The third-order valence-electron chi connectivity index (χ3n) is 2.65. The lowest BCUT2D eigenvalue weighted by molar-refractivity contribution is 0.614. The highest BCUT2D eigenvalue weighted by molar-refractivity contribution is 9.10. The van der Waals surface area contributed by atoms with Crippen molar-refractivity contribution in [2.45, 2.75) is 0 Å². The molecule has 0 aliphatic rings. The fourth-order valence-corrected chi connectivity index (χ4v) is 2.42. The maximum absolute atomic E-state index is 13.2. The Labute approximate surface area is 121 Å². The van der Waals surface area contributed by atoms with Gasteiger partial charge in [-0.15, -0.1) is 0 Å². The average molecular weight is 342 g/mol. The van der Waals surface area contributed by atoms with Gasteiger partial charge in [-0.05, 0) is 24.3 Å². The van der Waals surface area contributed by atoms with E-state index in [1.165, 1.54) is 12.1 Å². The third kappa shape index (κ3) is 2.19. The first-order valence-electron chi connectivity index (χ1n) is 5.35. The molecule has 6 heteroatoms. The van der Waals surface area contributed by atoms with Gasteiger partial charge in [-0.1, -0.05) is 27.5 Å². The second-order valence-electron chi connectivity index (χ2n) is 3.99. The summed E-state index contributed by atoms with van der Waals surface area (Å²) in [5.41, 5.74) is 7.76. The van der Waals surface area contributed by atoms with Crippen molar-refractivity contribution in [2.24, 2.45) is 0 Å². The van der Waals surface area contributed by atoms with E-state index in [1.54, 1.807) is 12.1 Å². The molecule has 0 unspecified atom stereocenters. The molecule has 3 nitrogen and oxygen atoms in total. The predicted octanol–water partition coefficient (Wildman–Crippen LogP) is 4.63. The van der Waals surface area contributed by atoms with Gasteiger partial charge < -0.3 is 10.2 Å². The molecule has 0 fully saturated rings. The van der Waals surface area contributed by atoms with Gasteiger partial charge in [0.25, 0.3) is 0 Å². The maximum atomic E-state index is 13.2. The van der Waals surface area contributed by atoms with Crippen molar-refractivity contribution in [2.75, 3.05) is 5.73 Å². The SMILES string of the molecule is Nc1cc(Br)ccc1-c1nc2cc(F)cc(Cl)c2o1. The Morgan fingerprint density at radius 1 is 1.26 bits per heavy atom. The number of oxazole rings is 1. The summed E-state index contributed by atoms with van der Waals surface area (Å²) in [5.74, 6) is -0.145. The van der Waals surface area contributed by atoms with Crippen LogP contribution in [0.5, 0.6) is 0 Å². The molecule has 0 saturated heterocycles. The number of benzene rings is 2. The van der Waals surface area contributed by atoms with Crippen LogP contribution in [0.15, 0.2) is 39.2 Å². The molecule has 96 valence electrons. The van der Waals surface area contributed by atoms with Crippen LogP contribution in [-0.4, -0.2) is 4.98 Å². The first kappa shape index (κ1) is 12.4. The predicted molar refractivity (Wildman–Crippen MR) is 76.5 cm³/mol. The molecule has 3 aromatic rings. The fraction of sp³-hybridized carbons (Fsp3) is 0. The summed E-state index contributed by atoms with van der Waals surface area (Å²) in [6.07, 6.45) is 0. The highest BCUT2D eigenvalue weighted by Crippen LogP contribution is 2.33. The molecule has 0 bridgehead atoms. The van der Waals surface area contributed by atoms with E-state index in [-0.39, 0.29) is 5.02 Å². The topological polar surface area (TPSA) is 52.0 Å². The van der Waals surface area contributed by atoms with Gasteiger partial charge in [0.15, 0.2) is 5.58 Å². The molecule has 0 aliphatic carbocycles. The summed E-state index contributed by atoms with van der Waals surface area (Å²) in [4.78, 5) is 4.21. The smallest absolute Gasteiger partial charge is 0.229 e. The molecule has 2 aromatic carbocycles. The number of fused-ring (bicyclic) bond motifs is 1. The van der Waals surface area contributed by atoms with E-state index in [1.807, 2.05) is 6.07 Å². The van der Waals surface area contributed by atoms with Crippen LogP contribution in [0, 0.1) is 5.82 Å². The van der Waals surface area contributed by atoms with Crippen molar-refractivity contribution in [3.05, 3.63) is 45.6 Å². The molecule has 0 aliphatic heterocycles. The van der Waals surface area contributed by atoms with Crippen LogP contribution in [0.4, 0.5) is 10.1 Å². The Hall–Kier alpha value is -1.59. The van der Waals surface area contributed by atoms with Crippen molar-refractivity contribution < 1.29 is 8.81 Å². The third-order valence-corrected chi connectivity index (χ3v) is 3.43. The van der Waals surface area contributed by atoms with Crippen molar-refractivity contribution in [1.29, 1.82) is 0 Å². The van der Waals surface area contributed by atoms with Gasteiger partial charge in [0.1, 0.15) is 11.3 Å². The van der Waals surface area contributed by atoms with Gasteiger partial charge in [0.05, 0.1) is 10.6 Å². The van der Waals surface area contributed by atoms with Crippen LogP contribution in [0.1, 0.15) is 0 Å². The lowest BCUT2D eigenvalue weighted by Gasteiger charge is -2.01. The van der Waals surface area contributed by atoms with Gasteiger partial charge in [0, 0.05) is 16.2 Å². The number of hydrogen-bond acceptors (Lipinski definition) is 3. The molecule has 0 radical (unpaired) electrons. The van der Waals surface area contributed by atoms with Gasteiger partial charge in [0.2, 0.25) is 5.89 Å². The number of anilines is 1. The first-order valence-corrected chi connectivity index (χ1v) is 6.52. The Kier molecular flexibility index (Phi) is 2.95. The molecule has 0 amide bonds. The number of halogens is 3. The van der Waals surface area contributed by atoms with Crippen molar-refractivity contribution >= 4 is 44.3 Å². The summed E-state index contributed by atoms with van der Waals surface area (Å²) in [5, 5.41) is 0.185. The van der Waals surface area contributed by atoms with Gasteiger partial charge in [-0.3, -0.25) is 0 Å². The van der Waals surface area contributed by atoms with E-state index < -0.39 is 5.82 Å². The zero-order valence-electron chi connectivity index (χ0n) is 9.45. The van der Waals surface area contributed by atoms with Gasteiger partial charge in [-0.25, -0.2) is 9.37 Å². The van der Waals surface area contributed by atoms with E-state index in [0.29, 0.717) is 28.2 Å². The number of aromatic nitrogens is 1.